The van der Waals surface area contributed by atoms with Gasteiger partial charge in [0.05, 0.1) is 13.2 Å². The van der Waals surface area contributed by atoms with E-state index in [2.05, 4.69) is 5.32 Å². The lowest BCUT2D eigenvalue weighted by molar-refractivity contribution is 0.0302. The molecule has 1 N–H and O–H groups in total. The van der Waals surface area contributed by atoms with Crippen molar-refractivity contribution in [2.45, 2.75) is 24.7 Å². The highest BCUT2D eigenvalue weighted by Crippen LogP contribution is 2.25. The molecule has 0 aliphatic carbocycles. The van der Waals surface area contributed by atoms with Crippen LogP contribution < -0.4 is 5.32 Å². The van der Waals surface area contributed by atoms with E-state index in [4.69, 9.17) is 4.74 Å². The van der Waals surface area contributed by atoms with Gasteiger partial charge in [0.15, 0.2) is 0 Å². The number of hydrogen-bond acceptors (Lipinski definition) is 5. The monoisotopic (exact) mass is 460 g/mol. The molecule has 0 bridgehead atoms. The zero-order chi connectivity index (χ0) is 22.9. The van der Waals surface area contributed by atoms with Crippen LogP contribution in [0.4, 0.5) is 5.69 Å². The van der Waals surface area contributed by atoms with Crippen LogP contribution in [0.2, 0.25) is 0 Å². The number of nitrogens with one attached hydrogen (secondary N) is 1. The number of aryl methyl sites for hydroxylation is 1. The van der Waals surface area contributed by atoms with Gasteiger partial charge in [-0.15, -0.1) is 0 Å². The Morgan fingerprint density at radius 1 is 1.06 bits per heavy atom. The van der Waals surface area contributed by atoms with Crippen molar-refractivity contribution < 1.29 is 22.7 Å². The van der Waals surface area contributed by atoms with E-state index < -0.39 is 15.9 Å². The number of sulfonamides is 1. The largest absolute Gasteiger partial charge is 0.378 e. The van der Waals surface area contributed by atoms with Crippen molar-refractivity contribution in [3.63, 3.8) is 0 Å². The van der Waals surface area contributed by atoms with Gasteiger partial charge in [-0.25, -0.2) is 8.42 Å². The van der Waals surface area contributed by atoms with Crippen molar-refractivity contribution in [3.05, 3.63) is 47.3 Å². The average molecular weight is 461 g/mol. The molecule has 2 aromatic rings. The number of rotatable bonds is 5. The number of ether oxygens (including phenoxy) is 1. The Morgan fingerprint density at radius 2 is 1.75 bits per heavy atom. The maximum absolute atomic E-state index is 13.0. The summed E-state index contributed by atoms with van der Waals surface area (Å²) in [6.07, 6.45) is 3.16. The van der Waals surface area contributed by atoms with Gasteiger partial charge in [-0.05, 0) is 43.5 Å². The third-order valence-electron chi connectivity index (χ3n) is 6.03. The predicted octanol–water partition coefficient (Wildman–Crippen LogP) is 1.84. The molecule has 2 fully saturated rings. The number of anilines is 1. The van der Waals surface area contributed by atoms with E-state index in [9.17, 15) is 18.0 Å². The smallest absolute Gasteiger partial charge is 0.272 e. The number of hydrogen-bond donors (Lipinski definition) is 1. The first kappa shape index (κ1) is 22.5. The summed E-state index contributed by atoms with van der Waals surface area (Å²) >= 11 is 0. The lowest BCUT2D eigenvalue weighted by atomic mass is 10.0. The van der Waals surface area contributed by atoms with Crippen LogP contribution in [0, 0.1) is 6.92 Å². The fourth-order valence-corrected chi connectivity index (χ4v) is 5.69. The number of amides is 2. The molecule has 2 aliphatic rings. The van der Waals surface area contributed by atoms with Gasteiger partial charge in [0, 0.05) is 50.7 Å². The standard InChI is InChI=1S/C22H28N4O5S/c1-16-18(22(28)25-10-12-31-13-11-25)6-5-7-19(16)23-21(27)20-14-17(15-24(20)2)32(29,30)26-8-3-4-9-26/h5-7,14-15H,3-4,8-13H2,1-2H3,(H,23,27). The highest BCUT2D eigenvalue weighted by atomic mass is 32.2. The van der Waals surface area contributed by atoms with Crippen LogP contribution in [0.3, 0.4) is 0 Å². The Balaban J connectivity index is 1.54. The summed E-state index contributed by atoms with van der Waals surface area (Å²) in [4.78, 5) is 27.7. The Labute approximate surface area is 188 Å². The van der Waals surface area contributed by atoms with Crippen LogP contribution in [0.15, 0.2) is 35.4 Å². The van der Waals surface area contributed by atoms with Crippen molar-refractivity contribution in [3.8, 4) is 0 Å². The second-order valence-corrected chi connectivity index (χ2v) is 10.1. The third-order valence-corrected chi connectivity index (χ3v) is 7.89. The molecule has 3 heterocycles. The Bertz CT molecular complexity index is 1130. The first-order valence-electron chi connectivity index (χ1n) is 10.7. The molecule has 2 aliphatic heterocycles. The van der Waals surface area contributed by atoms with Crippen molar-refractivity contribution >= 4 is 27.5 Å². The summed E-state index contributed by atoms with van der Waals surface area (Å²) in [5.74, 6) is -0.533. The van der Waals surface area contributed by atoms with Crippen LogP contribution in [0.5, 0.6) is 0 Å². The average Bonchev–Trinajstić information content (AvgIpc) is 3.46. The molecular formula is C22H28N4O5S. The number of carbonyl (C=O) groups excluding carboxylic acids is 2. The zero-order valence-corrected chi connectivity index (χ0v) is 19.2. The fraction of sp³-hybridized carbons (Fsp3) is 0.455. The SMILES string of the molecule is Cc1c(NC(=O)c2cc(S(=O)(=O)N3CCCC3)cn2C)cccc1C(=O)N1CCOCC1. The van der Waals surface area contributed by atoms with Crippen molar-refractivity contribution in [2.75, 3.05) is 44.7 Å². The summed E-state index contributed by atoms with van der Waals surface area (Å²) in [7, 11) is -1.97. The molecule has 1 aromatic carbocycles. The Hall–Kier alpha value is -2.69. The summed E-state index contributed by atoms with van der Waals surface area (Å²) in [6, 6.07) is 6.60. The van der Waals surface area contributed by atoms with E-state index in [1.54, 1.807) is 37.1 Å². The molecule has 2 saturated heterocycles. The summed E-state index contributed by atoms with van der Waals surface area (Å²) in [5.41, 5.74) is 1.93. The molecule has 0 atom stereocenters. The lowest BCUT2D eigenvalue weighted by Gasteiger charge is -2.27. The molecule has 32 heavy (non-hydrogen) atoms. The lowest BCUT2D eigenvalue weighted by Crippen LogP contribution is -2.41. The highest BCUT2D eigenvalue weighted by molar-refractivity contribution is 7.89. The summed E-state index contributed by atoms with van der Waals surface area (Å²) in [6.45, 7) is 4.88. The van der Waals surface area contributed by atoms with E-state index in [0.717, 1.165) is 12.8 Å². The topological polar surface area (TPSA) is 101 Å². The molecule has 10 heteroatoms. The number of aromatic nitrogens is 1. The van der Waals surface area contributed by atoms with Crippen LogP contribution in [-0.4, -0.2) is 73.4 Å². The molecule has 0 radical (unpaired) electrons. The van der Waals surface area contributed by atoms with Gasteiger partial charge < -0.3 is 19.5 Å². The molecular weight excluding hydrogens is 432 g/mol. The van der Waals surface area contributed by atoms with Gasteiger partial charge >= 0.3 is 0 Å². The van der Waals surface area contributed by atoms with Crippen LogP contribution >= 0.6 is 0 Å². The highest BCUT2D eigenvalue weighted by Gasteiger charge is 2.29. The minimum absolute atomic E-state index is 0.0974. The molecule has 0 saturated carbocycles. The van der Waals surface area contributed by atoms with Crippen LogP contribution in [-0.2, 0) is 21.8 Å². The normalized spacial score (nSPS) is 17.5. The number of nitrogens with zero attached hydrogens (tertiary/aromatic N) is 3. The predicted molar refractivity (Wildman–Crippen MR) is 119 cm³/mol. The minimum atomic E-state index is -3.61. The van der Waals surface area contributed by atoms with Gasteiger partial charge in [0.2, 0.25) is 10.0 Å². The quantitative estimate of drug-likeness (QED) is 0.734. The third kappa shape index (κ3) is 4.30. The van der Waals surface area contributed by atoms with Crippen molar-refractivity contribution in [1.82, 2.24) is 13.8 Å². The summed E-state index contributed by atoms with van der Waals surface area (Å²) < 4.78 is 33.9. The van der Waals surface area contributed by atoms with Gasteiger partial charge in [0.25, 0.3) is 11.8 Å². The minimum Gasteiger partial charge on any atom is -0.378 e. The van der Waals surface area contributed by atoms with Gasteiger partial charge in [-0.1, -0.05) is 6.07 Å². The number of carbonyl (C=O) groups is 2. The van der Waals surface area contributed by atoms with E-state index in [1.165, 1.54) is 21.1 Å². The maximum atomic E-state index is 13.0. The molecule has 1 aromatic heterocycles. The van der Waals surface area contributed by atoms with E-state index in [-0.39, 0.29) is 16.5 Å². The second kappa shape index (κ2) is 9.05. The van der Waals surface area contributed by atoms with Gasteiger partial charge in [-0.2, -0.15) is 4.31 Å². The molecule has 9 nitrogen and oxygen atoms in total. The fourth-order valence-electron chi connectivity index (χ4n) is 4.10. The summed E-state index contributed by atoms with van der Waals surface area (Å²) in [5, 5.41) is 2.84. The second-order valence-electron chi connectivity index (χ2n) is 8.12. The number of benzene rings is 1. The van der Waals surface area contributed by atoms with Crippen molar-refractivity contribution in [1.29, 1.82) is 0 Å². The number of morpholine rings is 1. The molecule has 2 amide bonds. The van der Waals surface area contributed by atoms with Crippen molar-refractivity contribution in [2.24, 2.45) is 7.05 Å². The first-order valence-corrected chi connectivity index (χ1v) is 12.2. The van der Waals surface area contributed by atoms with Crippen LogP contribution in [0.1, 0.15) is 39.3 Å². The van der Waals surface area contributed by atoms with Crippen LogP contribution in [0.25, 0.3) is 0 Å². The molecule has 0 unspecified atom stereocenters. The first-order chi connectivity index (χ1) is 15.3. The van der Waals surface area contributed by atoms with Gasteiger partial charge in [0.1, 0.15) is 10.6 Å². The molecule has 4 rings (SSSR count). The Morgan fingerprint density at radius 3 is 2.44 bits per heavy atom. The van der Waals surface area contributed by atoms with E-state index >= 15 is 0 Å². The Kier molecular flexibility index (Phi) is 6.36. The van der Waals surface area contributed by atoms with E-state index in [0.29, 0.717) is 56.2 Å². The molecule has 172 valence electrons. The van der Waals surface area contributed by atoms with Gasteiger partial charge in [-0.3, -0.25) is 9.59 Å². The maximum Gasteiger partial charge on any atom is 0.272 e. The van der Waals surface area contributed by atoms with E-state index in [1.807, 2.05) is 0 Å². The molecule has 0 spiro atoms. The zero-order valence-electron chi connectivity index (χ0n) is 18.3.